The minimum atomic E-state index is -0.185. The van der Waals surface area contributed by atoms with Gasteiger partial charge in [-0.2, -0.15) is 5.10 Å². The summed E-state index contributed by atoms with van der Waals surface area (Å²) in [5.74, 6) is 0.632. The van der Waals surface area contributed by atoms with E-state index >= 15 is 0 Å². The summed E-state index contributed by atoms with van der Waals surface area (Å²) in [4.78, 5) is 12.1. The summed E-state index contributed by atoms with van der Waals surface area (Å²) in [6, 6.07) is 7.71. The van der Waals surface area contributed by atoms with Gasteiger partial charge in [0, 0.05) is 19.3 Å². The molecule has 0 aliphatic rings. The van der Waals surface area contributed by atoms with Crippen LogP contribution in [0.1, 0.15) is 41.9 Å². The Kier molecular flexibility index (Phi) is 7.01. The van der Waals surface area contributed by atoms with E-state index in [0.717, 1.165) is 17.7 Å². The third kappa shape index (κ3) is 6.23. The second kappa shape index (κ2) is 9.22. The van der Waals surface area contributed by atoms with Gasteiger partial charge in [0.25, 0.3) is 5.91 Å². The van der Waals surface area contributed by atoms with Gasteiger partial charge in [0.1, 0.15) is 11.4 Å². The zero-order chi connectivity index (χ0) is 18.2. The lowest BCUT2D eigenvalue weighted by atomic mass is 10.1. The van der Waals surface area contributed by atoms with E-state index in [9.17, 15) is 4.79 Å². The summed E-state index contributed by atoms with van der Waals surface area (Å²) >= 11 is 0. The maximum absolute atomic E-state index is 12.1. The van der Waals surface area contributed by atoms with Crippen molar-refractivity contribution in [1.29, 1.82) is 0 Å². The lowest BCUT2D eigenvalue weighted by Crippen LogP contribution is -2.26. The Morgan fingerprint density at radius 2 is 2.08 bits per heavy atom. The van der Waals surface area contributed by atoms with E-state index in [1.807, 2.05) is 39.8 Å². The minimum absolute atomic E-state index is 0.185. The van der Waals surface area contributed by atoms with Crippen molar-refractivity contribution in [2.75, 3.05) is 13.2 Å². The number of nitrogens with one attached hydrogen (secondary N) is 1. The molecule has 0 spiro atoms. The maximum Gasteiger partial charge on any atom is 0.271 e. The molecule has 0 fully saturated rings. The molecule has 1 aromatic carbocycles. The Bertz CT molecular complexity index is 695. The number of rotatable bonds is 9. The van der Waals surface area contributed by atoms with Gasteiger partial charge in [0.05, 0.1) is 6.10 Å². The van der Waals surface area contributed by atoms with E-state index in [-0.39, 0.29) is 18.7 Å². The summed E-state index contributed by atoms with van der Waals surface area (Å²) in [5.41, 5.74) is 2.66. The number of nitrogens with zero attached hydrogens (tertiary/aromatic N) is 2. The van der Waals surface area contributed by atoms with Gasteiger partial charge < -0.3 is 14.8 Å². The molecule has 2 aromatic rings. The smallest absolute Gasteiger partial charge is 0.271 e. The first-order chi connectivity index (χ1) is 12.0. The van der Waals surface area contributed by atoms with Gasteiger partial charge in [-0.3, -0.25) is 4.79 Å². The summed E-state index contributed by atoms with van der Waals surface area (Å²) in [5, 5.41) is 7.09. The molecule has 25 heavy (non-hydrogen) atoms. The van der Waals surface area contributed by atoms with Crippen molar-refractivity contribution < 1.29 is 14.3 Å². The van der Waals surface area contributed by atoms with E-state index in [1.165, 1.54) is 5.56 Å². The van der Waals surface area contributed by atoms with E-state index in [4.69, 9.17) is 9.47 Å². The SMILES string of the molecule is Cc1ccc(OCn2ccc(C(=O)NCCCOC(C)C)n2)c(C)c1. The number of amides is 1. The van der Waals surface area contributed by atoms with Crippen LogP contribution in [0, 0.1) is 13.8 Å². The Morgan fingerprint density at radius 3 is 2.80 bits per heavy atom. The van der Waals surface area contributed by atoms with Crippen LogP contribution in [-0.4, -0.2) is 34.9 Å². The van der Waals surface area contributed by atoms with Crippen LogP contribution in [0.5, 0.6) is 5.75 Å². The normalized spacial score (nSPS) is 10.9. The molecule has 2 rings (SSSR count). The minimum Gasteiger partial charge on any atom is -0.471 e. The van der Waals surface area contributed by atoms with Crippen LogP contribution in [0.15, 0.2) is 30.5 Å². The first kappa shape index (κ1) is 19.0. The fraction of sp³-hybridized carbons (Fsp3) is 0.474. The number of aromatic nitrogens is 2. The molecule has 1 amide bonds. The summed E-state index contributed by atoms with van der Waals surface area (Å²) in [6.45, 7) is 9.50. The van der Waals surface area contributed by atoms with Crippen molar-refractivity contribution in [2.45, 2.75) is 47.0 Å². The van der Waals surface area contributed by atoms with Crippen molar-refractivity contribution in [3.05, 3.63) is 47.3 Å². The van der Waals surface area contributed by atoms with E-state index < -0.39 is 0 Å². The number of ether oxygens (including phenoxy) is 2. The summed E-state index contributed by atoms with van der Waals surface area (Å²) in [7, 11) is 0. The van der Waals surface area contributed by atoms with Crippen molar-refractivity contribution in [1.82, 2.24) is 15.1 Å². The monoisotopic (exact) mass is 345 g/mol. The van der Waals surface area contributed by atoms with E-state index in [2.05, 4.69) is 16.5 Å². The summed E-state index contributed by atoms with van der Waals surface area (Å²) in [6.07, 6.45) is 2.73. The Hall–Kier alpha value is -2.34. The number of aryl methyl sites for hydroxylation is 2. The van der Waals surface area contributed by atoms with Crippen molar-refractivity contribution in [3.8, 4) is 5.75 Å². The van der Waals surface area contributed by atoms with Crippen molar-refractivity contribution in [2.24, 2.45) is 0 Å². The summed E-state index contributed by atoms with van der Waals surface area (Å²) < 4.78 is 12.8. The molecule has 1 aromatic heterocycles. The number of hydrogen-bond acceptors (Lipinski definition) is 4. The third-order valence-electron chi connectivity index (χ3n) is 3.61. The standard InChI is InChI=1S/C19H27N3O3/c1-14(2)24-11-5-9-20-19(23)17-8-10-22(21-17)13-25-18-7-6-15(3)12-16(18)4/h6-8,10,12,14H,5,9,11,13H2,1-4H3,(H,20,23). The lowest BCUT2D eigenvalue weighted by molar-refractivity contribution is 0.0756. The van der Waals surface area contributed by atoms with Crippen LogP contribution in [0.25, 0.3) is 0 Å². The first-order valence-corrected chi connectivity index (χ1v) is 8.59. The fourth-order valence-corrected chi connectivity index (χ4v) is 2.34. The zero-order valence-electron chi connectivity index (χ0n) is 15.4. The van der Waals surface area contributed by atoms with Crippen LogP contribution in [0.4, 0.5) is 0 Å². The molecule has 0 aliphatic heterocycles. The number of hydrogen-bond donors (Lipinski definition) is 1. The quantitative estimate of drug-likeness (QED) is 0.709. The van der Waals surface area contributed by atoms with Gasteiger partial charge in [-0.25, -0.2) is 4.68 Å². The van der Waals surface area contributed by atoms with Crippen LogP contribution >= 0.6 is 0 Å². The Labute approximate surface area is 149 Å². The molecule has 0 aliphatic carbocycles. The molecule has 0 saturated heterocycles. The maximum atomic E-state index is 12.1. The van der Waals surface area contributed by atoms with Crippen LogP contribution in [0.3, 0.4) is 0 Å². The second-order valence-electron chi connectivity index (χ2n) is 6.31. The molecular weight excluding hydrogens is 318 g/mol. The third-order valence-corrected chi connectivity index (χ3v) is 3.61. The molecule has 0 saturated carbocycles. The topological polar surface area (TPSA) is 65.4 Å². The van der Waals surface area contributed by atoms with Crippen molar-refractivity contribution in [3.63, 3.8) is 0 Å². The average Bonchev–Trinajstić information content (AvgIpc) is 3.02. The first-order valence-electron chi connectivity index (χ1n) is 8.59. The Morgan fingerprint density at radius 1 is 1.28 bits per heavy atom. The Balaban J connectivity index is 1.78. The van der Waals surface area contributed by atoms with Gasteiger partial charge in [0.2, 0.25) is 0 Å². The average molecular weight is 345 g/mol. The van der Waals surface area contributed by atoms with E-state index in [0.29, 0.717) is 18.8 Å². The molecule has 6 heteroatoms. The van der Waals surface area contributed by atoms with Crippen LogP contribution in [-0.2, 0) is 11.5 Å². The van der Waals surface area contributed by atoms with Crippen LogP contribution in [0.2, 0.25) is 0 Å². The second-order valence-corrected chi connectivity index (χ2v) is 6.31. The van der Waals surface area contributed by atoms with Gasteiger partial charge in [-0.15, -0.1) is 0 Å². The molecule has 0 atom stereocenters. The highest BCUT2D eigenvalue weighted by Gasteiger charge is 2.09. The molecule has 1 N–H and O–H groups in total. The van der Waals surface area contributed by atoms with Gasteiger partial charge in [-0.05, 0) is 51.8 Å². The van der Waals surface area contributed by atoms with E-state index in [1.54, 1.807) is 16.9 Å². The van der Waals surface area contributed by atoms with Crippen LogP contribution < -0.4 is 10.1 Å². The van der Waals surface area contributed by atoms with Gasteiger partial charge >= 0.3 is 0 Å². The number of benzene rings is 1. The van der Waals surface area contributed by atoms with Gasteiger partial charge in [-0.1, -0.05) is 17.7 Å². The molecule has 0 unspecified atom stereocenters. The largest absolute Gasteiger partial charge is 0.471 e. The molecule has 6 nitrogen and oxygen atoms in total. The number of carbonyl (C=O) groups is 1. The molecule has 1 heterocycles. The lowest BCUT2D eigenvalue weighted by Gasteiger charge is -2.09. The highest BCUT2D eigenvalue weighted by molar-refractivity contribution is 5.92. The van der Waals surface area contributed by atoms with Crippen molar-refractivity contribution >= 4 is 5.91 Å². The predicted molar refractivity (Wildman–Crippen MR) is 96.8 cm³/mol. The fourth-order valence-electron chi connectivity index (χ4n) is 2.34. The molecular formula is C19H27N3O3. The zero-order valence-corrected chi connectivity index (χ0v) is 15.4. The van der Waals surface area contributed by atoms with Gasteiger partial charge in [0.15, 0.2) is 6.73 Å². The predicted octanol–water partition coefficient (Wildman–Crippen LogP) is 3.08. The molecule has 136 valence electrons. The molecule has 0 bridgehead atoms. The highest BCUT2D eigenvalue weighted by atomic mass is 16.5. The highest BCUT2D eigenvalue weighted by Crippen LogP contribution is 2.18. The number of carbonyl (C=O) groups excluding carboxylic acids is 1. The molecule has 0 radical (unpaired) electrons.